The monoisotopic (exact) mass is 327 g/mol. The predicted molar refractivity (Wildman–Crippen MR) is 89.5 cm³/mol. The van der Waals surface area contributed by atoms with Crippen molar-refractivity contribution in [2.24, 2.45) is 0 Å². The fraction of sp³-hybridized carbons (Fsp3) is 0.312. The number of nitrogens with one attached hydrogen (secondary N) is 1. The Balaban J connectivity index is 1.76. The van der Waals surface area contributed by atoms with E-state index in [9.17, 15) is 4.79 Å². The Morgan fingerprint density at radius 1 is 1.09 bits per heavy atom. The molecule has 0 saturated heterocycles. The van der Waals surface area contributed by atoms with Gasteiger partial charge in [0.1, 0.15) is 10.0 Å². The molecule has 0 fully saturated rings. The molecule has 1 N–H and O–H groups in total. The highest BCUT2D eigenvalue weighted by Crippen LogP contribution is 2.15. The molecule has 7 heteroatoms. The van der Waals surface area contributed by atoms with Crippen LogP contribution in [0.15, 0.2) is 18.2 Å². The molecule has 6 nitrogen and oxygen atoms in total. The maximum atomic E-state index is 12.3. The zero-order valence-corrected chi connectivity index (χ0v) is 14.1. The quantitative estimate of drug-likeness (QED) is 0.796. The smallest absolute Gasteiger partial charge is 0.251 e. The summed E-state index contributed by atoms with van der Waals surface area (Å²) in [5, 5.41) is 12.7. The first-order valence-corrected chi connectivity index (χ1v) is 8.23. The summed E-state index contributed by atoms with van der Waals surface area (Å²) in [6.07, 6.45) is 0.855. The van der Waals surface area contributed by atoms with Crippen molar-refractivity contribution in [1.82, 2.24) is 25.5 Å². The first-order chi connectivity index (χ1) is 11.1. The summed E-state index contributed by atoms with van der Waals surface area (Å²) in [5.41, 5.74) is 3.86. The zero-order chi connectivity index (χ0) is 16.4. The van der Waals surface area contributed by atoms with Gasteiger partial charge in [-0.1, -0.05) is 18.3 Å². The van der Waals surface area contributed by atoms with E-state index in [-0.39, 0.29) is 5.91 Å². The summed E-state index contributed by atoms with van der Waals surface area (Å²) >= 11 is 1.52. The largest absolute Gasteiger partial charge is 0.345 e. The molecule has 0 aliphatic carbocycles. The zero-order valence-electron chi connectivity index (χ0n) is 13.3. The standard InChI is InChI=1S/C16H17N5OS/c1-4-14-20-21-15(23-14)8-17-16(22)11-5-6-12-13(7-11)19-10(3)9(2)18-12/h5-7H,4,8H2,1-3H3,(H,17,22). The second-order valence-corrected chi connectivity index (χ2v) is 6.37. The van der Waals surface area contributed by atoms with Gasteiger partial charge in [0.15, 0.2) is 0 Å². The van der Waals surface area contributed by atoms with E-state index in [1.807, 2.05) is 26.8 Å². The molecule has 0 saturated carbocycles. The van der Waals surface area contributed by atoms with E-state index in [4.69, 9.17) is 0 Å². The maximum absolute atomic E-state index is 12.3. The molecule has 23 heavy (non-hydrogen) atoms. The van der Waals surface area contributed by atoms with E-state index in [1.54, 1.807) is 12.1 Å². The molecule has 1 aromatic carbocycles. The number of carbonyl (C=O) groups excluding carboxylic acids is 1. The number of rotatable bonds is 4. The molecule has 118 valence electrons. The Kier molecular flexibility index (Phi) is 4.29. The topological polar surface area (TPSA) is 80.7 Å². The second-order valence-electron chi connectivity index (χ2n) is 5.22. The number of hydrogen-bond acceptors (Lipinski definition) is 6. The Morgan fingerprint density at radius 2 is 1.78 bits per heavy atom. The van der Waals surface area contributed by atoms with Gasteiger partial charge < -0.3 is 5.32 Å². The molecule has 0 aliphatic heterocycles. The number of amides is 1. The maximum Gasteiger partial charge on any atom is 0.251 e. The van der Waals surface area contributed by atoms with Crippen LogP contribution in [-0.2, 0) is 13.0 Å². The minimum absolute atomic E-state index is 0.153. The van der Waals surface area contributed by atoms with Crippen LogP contribution in [-0.4, -0.2) is 26.1 Å². The summed E-state index contributed by atoms with van der Waals surface area (Å²) in [6.45, 7) is 6.25. The van der Waals surface area contributed by atoms with Crippen LogP contribution in [0.25, 0.3) is 11.0 Å². The van der Waals surface area contributed by atoms with Crippen molar-refractivity contribution in [2.75, 3.05) is 0 Å². The Hall–Kier alpha value is -2.41. The van der Waals surface area contributed by atoms with Crippen LogP contribution in [0.5, 0.6) is 0 Å². The van der Waals surface area contributed by atoms with Gasteiger partial charge in [0, 0.05) is 5.56 Å². The van der Waals surface area contributed by atoms with Crippen LogP contribution in [0.1, 0.15) is 38.7 Å². The molecule has 0 spiro atoms. The molecule has 0 aliphatic rings. The summed E-state index contributed by atoms with van der Waals surface area (Å²) in [5.74, 6) is -0.153. The van der Waals surface area contributed by atoms with E-state index >= 15 is 0 Å². The molecule has 1 amide bonds. The SMILES string of the molecule is CCc1nnc(CNC(=O)c2ccc3nc(C)c(C)nc3c2)s1. The fourth-order valence-corrected chi connectivity index (χ4v) is 2.86. The second kappa shape index (κ2) is 6.37. The highest BCUT2D eigenvalue weighted by atomic mass is 32.1. The molecule has 0 radical (unpaired) electrons. The summed E-state index contributed by atoms with van der Waals surface area (Å²) in [7, 11) is 0. The molecular weight excluding hydrogens is 310 g/mol. The van der Waals surface area contributed by atoms with Crippen LogP contribution in [0, 0.1) is 13.8 Å². The average molecular weight is 327 g/mol. The van der Waals surface area contributed by atoms with Gasteiger partial charge in [0.05, 0.1) is 29.0 Å². The molecule has 0 unspecified atom stereocenters. The molecule has 0 atom stereocenters. The number of fused-ring (bicyclic) bond motifs is 1. The molecule has 0 bridgehead atoms. The van der Waals surface area contributed by atoms with E-state index in [0.717, 1.165) is 38.9 Å². The third-order valence-electron chi connectivity index (χ3n) is 3.55. The van der Waals surface area contributed by atoms with Gasteiger partial charge in [-0.15, -0.1) is 10.2 Å². The molecule has 3 rings (SSSR count). The van der Waals surface area contributed by atoms with Gasteiger partial charge in [-0.2, -0.15) is 0 Å². The Morgan fingerprint density at radius 3 is 2.48 bits per heavy atom. The number of benzene rings is 1. The molecule has 3 aromatic rings. The average Bonchev–Trinajstić information content (AvgIpc) is 3.01. The molecular formula is C16H17N5OS. The third kappa shape index (κ3) is 3.34. The van der Waals surface area contributed by atoms with Gasteiger partial charge in [0.2, 0.25) is 0 Å². The third-order valence-corrected chi connectivity index (χ3v) is 4.62. The van der Waals surface area contributed by atoms with Gasteiger partial charge in [0.25, 0.3) is 5.91 Å². The molecule has 2 heterocycles. The lowest BCUT2D eigenvalue weighted by atomic mass is 10.1. The highest BCUT2D eigenvalue weighted by molar-refractivity contribution is 7.11. The normalized spacial score (nSPS) is 10.9. The van der Waals surface area contributed by atoms with E-state index in [1.165, 1.54) is 11.3 Å². The van der Waals surface area contributed by atoms with Crippen molar-refractivity contribution in [1.29, 1.82) is 0 Å². The van der Waals surface area contributed by atoms with Gasteiger partial charge >= 0.3 is 0 Å². The number of nitrogens with zero attached hydrogens (tertiary/aromatic N) is 4. The predicted octanol–water partition coefficient (Wildman–Crippen LogP) is 2.59. The lowest BCUT2D eigenvalue weighted by Gasteiger charge is -2.06. The van der Waals surface area contributed by atoms with Crippen molar-refractivity contribution < 1.29 is 4.79 Å². The highest BCUT2D eigenvalue weighted by Gasteiger charge is 2.10. The van der Waals surface area contributed by atoms with E-state index in [2.05, 4.69) is 25.5 Å². The van der Waals surface area contributed by atoms with Gasteiger partial charge in [-0.25, -0.2) is 9.97 Å². The lowest BCUT2D eigenvalue weighted by Crippen LogP contribution is -2.22. The van der Waals surface area contributed by atoms with Crippen LogP contribution < -0.4 is 5.32 Å². The minimum atomic E-state index is -0.153. The minimum Gasteiger partial charge on any atom is -0.345 e. The summed E-state index contributed by atoms with van der Waals surface area (Å²) in [4.78, 5) is 21.2. The van der Waals surface area contributed by atoms with Crippen molar-refractivity contribution >= 4 is 28.3 Å². The van der Waals surface area contributed by atoms with Crippen molar-refractivity contribution in [3.05, 3.63) is 45.2 Å². The first kappa shape index (κ1) is 15.5. The van der Waals surface area contributed by atoms with Crippen molar-refractivity contribution in [3.63, 3.8) is 0 Å². The van der Waals surface area contributed by atoms with Gasteiger partial charge in [-0.05, 0) is 38.5 Å². The van der Waals surface area contributed by atoms with Crippen molar-refractivity contribution in [2.45, 2.75) is 33.7 Å². The van der Waals surface area contributed by atoms with E-state index in [0.29, 0.717) is 12.1 Å². The number of hydrogen-bond donors (Lipinski definition) is 1. The number of carbonyl (C=O) groups is 1. The summed E-state index contributed by atoms with van der Waals surface area (Å²) < 4.78 is 0. The lowest BCUT2D eigenvalue weighted by molar-refractivity contribution is 0.0951. The Labute approximate surface area is 138 Å². The molecule has 2 aromatic heterocycles. The van der Waals surface area contributed by atoms with Gasteiger partial charge in [-0.3, -0.25) is 4.79 Å². The fourth-order valence-electron chi connectivity index (χ4n) is 2.13. The Bertz CT molecular complexity index is 874. The first-order valence-electron chi connectivity index (χ1n) is 7.41. The van der Waals surface area contributed by atoms with Crippen LogP contribution in [0.3, 0.4) is 0 Å². The number of aryl methyl sites for hydroxylation is 3. The number of aromatic nitrogens is 4. The summed E-state index contributed by atoms with van der Waals surface area (Å²) in [6, 6.07) is 5.35. The van der Waals surface area contributed by atoms with Crippen molar-refractivity contribution in [3.8, 4) is 0 Å². The van der Waals surface area contributed by atoms with Crippen LogP contribution >= 0.6 is 11.3 Å². The van der Waals surface area contributed by atoms with E-state index < -0.39 is 0 Å². The van der Waals surface area contributed by atoms with Crippen LogP contribution in [0.2, 0.25) is 0 Å². The van der Waals surface area contributed by atoms with Crippen LogP contribution in [0.4, 0.5) is 0 Å².